The van der Waals surface area contributed by atoms with Crippen LogP contribution in [-0.2, 0) is 4.79 Å². The van der Waals surface area contributed by atoms with E-state index in [2.05, 4.69) is 21.0 Å². The summed E-state index contributed by atoms with van der Waals surface area (Å²) in [5.41, 5.74) is -1.69. The Kier molecular flexibility index (Phi) is 5.02. The van der Waals surface area contributed by atoms with Gasteiger partial charge in [0.2, 0.25) is 0 Å². The summed E-state index contributed by atoms with van der Waals surface area (Å²) < 4.78 is 40.2. The van der Waals surface area contributed by atoms with Gasteiger partial charge in [-0.3, -0.25) is 9.59 Å². The zero-order valence-electron chi connectivity index (χ0n) is 11.5. The molecule has 2 aromatic rings. The van der Waals surface area contributed by atoms with Crippen LogP contribution in [-0.4, -0.2) is 39.5 Å². The molecule has 126 valence electrons. The number of aromatic carboxylic acids is 1. The number of halogens is 4. The fourth-order valence-corrected chi connectivity index (χ4v) is 2.24. The Balaban J connectivity index is 2.76. The summed E-state index contributed by atoms with van der Waals surface area (Å²) in [5.74, 6) is -4.97. The van der Waals surface area contributed by atoms with Crippen molar-refractivity contribution < 1.29 is 32.8 Å². The molecule has 0 aliphatic carbocycles. The van der Waals surface area contributed by atoms with Gasteiger partial charge < -0.3 is 5.11 Å². The number of carbonyl (C=O) groups is 3. The number of carboxylic acids is 1. The van der Waals surface area contributed by atoms with Crippen molar-refractivity contribution in [3.8, 4) is 5.69 Å². The van der Waals surface area contributed by atoms with Crippen molar-refractivity contribution in [1.82, 2.24) is 9.78 Å². The number of alkyl halides is 2. The third-order valence-corrected chi connectivity index (χ3v) is 3.33. The fourth-order valence-electron chi connectivity index (χ4n) is 1.85. The summed E-state index contributed by atoms with van der Waals surface area (Å²) >= 11 is 3.12. The maximum absolute atomic E-state index is 14.1. The number of hydrogen-bond donors (Lipinski definition) is 1. The SMILES string of the molecule is O=Cc1c(C(=O)O)nn(-c2cccc(Br)c2)c1N(F)C(=O)C(F)F. The van der Waals surface area contributed by atoms with Gasteiger partial charge in [0.05, 0.1) is 11.3 Å². The Bertz CT molecular complexity index is 825. The molecule has 1 aromatic heterocycles. The fraction of sp³-hybridized carbons (Fsp3) is 0.0769. The standard InChI is InChI=1S/C13H7BrF3N3O4/c14-6-2-1-3-7(4-6)20-11(19(17)12(22)10(15)16)8(5-21)9(18-20)13(23)24/h1-5,10H,(H,23,24). The molecule has 1 amide bonds. The Morgan fingerprint density at radius 1 is 1.38 bits per heavy atom. The van der Waals surface area contributed by atoms with Crippen molar-refractivity contribution in [2.24, 2.45) is 0 Å². The first-order valence-corrected chi connectivity index (χ1v) is 6.92. The molecule has 24 heavy (non-hydrogen) atoms. The normalized spacial score (nSPS) is 10.7. The van der Waals surface area contributed by atoms with Crippen LogP contribution in [0.3, 0.4) is 0 Å². The summed E-state index contributed by atoms with van der Waals surface area (Å²) in [6.07, 6.45) is -3.78. The molecule has 0 unspecified atom stereocenters. The lowest BCUT2D eigenvalue weighted by Gasteiger charge is -2.14. The summed E-state index contributed by atoms with van der Waals surface area (Å²) in [6.45, 7) is 0. The smallest absolute Gasteiger partial charge is 0.357 e. The van der Waals surface area contributed by atoms with Gasteiger partial charge in [-0.15, -0.1) is 5.12 Å². The highest BCUT2D eigenvalue weighted by Crippen LogP contribution is 2.29. The largest absolute Gasteiger partial charge is 0.476 e. The van der Waals surface area contributed by atoms with E-state index in [1.54, 1.807) is 6.07 Å². The van der Waals surface area contributed by atoms with Crippen LogP contribution < -0.4 is 5.12 Å². The Morgan fingerprint density at radius 2 is 2.04 bits per heavy atom. The third kappa shape index (κ3) is 3.15. The number of hydrogen-bond acceptors (Lipinski definition) is 4. The van der Waals surface area contributed by atoms with E-state index in [1.165, 1.54) is 18.2 Å². The molecule has 0 saturated heterocycles. The monoisotopic (exact) mass is 405 g/mol. The highest BCUT2D eigenvalue weighted by atomic mass is 79.9. The predicted octanol–water partition coefficient (Wildman–Crippen LogP) is 2.63. The molecular weight excluding hydrogens is 399 g/mol. The molecule has 7 nitrogen and oxygen atoms in total. The van der Waals surface area contributed by atoms with E-state index in [0.717, 1.165) is 0 Å². The first-order chi connectivity index (χ1) is 11.3. The van der Waals surface area contributed by atoms with Crippen LogP contribution in [0.4, 0.5) is 19.1 Å². The lowest BCUT2D eigenvalue weighted by atomic mass is 10.2. The van der Waals surface area contributed by atoms with Gasteiger partial charge in [-0.25, -0.2) is 9.48 Å². The number of amides is 1. The second-order valence-electron chi connectivity index (χ2n) is 4.32. The van der Waals surface area contributed by atoms with Crippen molar-refractivity contribution in [2.45, 2.75) is 6.43 Å². The molecule has 0 radical (unpaired) electrons. The summed E-state index contributed by atoms with van der Waals surface area (Å²) in [6, 6.07) is 5.77. The molecule has 0 saturated carbocycles. The molecule has 0 aliphatic heterocycles. The van der Waals surface area contributed by atoms with E-state index < -0.39 is 40.5 Å². The molecule has 1 N–H and O–H groups in total. The van der Waals surface area contributed by atoms with Crippen LogP contribution in [0.5, 0.6) is 0 Å². The number of benzene rings is 1. The van der Waals surface area contributed by atoms with Crippen molar-refractivity contribution in [1.29, 1.82) is 0 Å². The Morgan fingerprint density at radius 3 is 2.54 bits per heavy atom. The predicted molar refractivity (Wildman–Crippen MR) is 78.2 cm³/mol. The number of aromatic nitrogens is 2. The average Bonchev–Trinajstić information content (AvgIpc) is 2.93. The van der Waals surface area contributed by atoms with Gasteiger partial charge in [-0.2, -0.15) is 13.9 Å². The average molecular weight is 406 g/mol. The van der Waals surface area contributed by atoms with Crippen molar-refractivity contribution >= 4 is 39.9 Å². The van der Waals surface area contributed by atoms with Gasteiger partial charge in [0.15, 0.2) is 17.8 Å². The molecule has 1 aromatic carbocycles. The third-order valence-electron chi connectivity index (χ3n) is 2.84. The van der Waals surface area contributed by atoms with E-state index in [1.807, 2.05) is 0 Å². The van der Waals surface area contributed by atoms with Gasteiger partial charge in [-0.05, 0) is 18.2 Å². The number of nitrogens with zero attached hydrogens (tertiary/aromatic N) is 3. The molecular formula is C13H7BrF3N3O4. The molecule has 0 fully saturated rings. The maximum Gasteiger partial charge on any atom is 0.357 e. The zero-order valence-corrected chi connectivity index (χ0v) is 13.1. The van der Waals surface area contributed by atoms with Gasteiger partial charge >= 0.3 is 18.3 Å². The molecule has 1 heterocycles. The number of rotatable bonds is 5. The minimum atomic E-state index is -3.70. The van der Waals surface area contributed by atoms with Crippen LogP contribution in [0.1, 0.15) is 20.8 Å². The van der Waals surface area contributed by atoms with Gasteiger partial charge in [0, 0.05) is 4.47 Å². The first-order valence-electron chi connectivity index (χ1n) is 6.13. The minimum Gasteiger partial charge on any atom is -0.476 e. The van der Waals surface area contributed by atoms with Gasteiger partial charge in [0.1, 0.15) is 0 Å². The van der Waals surface area contributed by atoms with Crippen molar-refractivity contribution in [3.63, 3.8) is 0 Å². The highest BCUT2D eigenvalue weighted by Gasteiger charge is 2.34. The number of aldehydes is 1. The molecule has 0 bridgehead atoms. The summed E-state index contributed by atoms with van der Waals surface area (Å²) in [5, 5.41) is 11.6. The second-order valence-corrected chi connectivity index (χ2v) is 5.24. The van der Waals surface area contributed by atoms with E-state index in [-0.39, 0.29) is 12.0 Å². The summed E-state index contributed by atoms with van der Waals surface area (Å²) in [7, 11) is 0. The number of carboxylic acid groups (broad SMARTS) is 1. The molecule has 0 atom stereocenters. The van der Waals surface area contributed by atoms with Gasteiger partial charge in [0.25, 0.3) is 0 Å². The number of carbonyl (C=O) groups excluding carboxylic acids is 2. The maximum atomic E-state index is 14.1. The van der Waals surface area contributed by atoms with E-state index in [9.17, 15) is 27.6 Å². The van der Waals surface area contributed by atoms with Gasteiger partial charge in [-0.1, -0.05) is 26.5 Å². The number of anilines is 1. The molecule has 11 heteroatoms. The molecule has 0 aliphatic rings. The lowest BCUT2D eigenvalue weighted by Crippen LogP contribution is -2.30. The van der Waals surface area contributed by atoms with Crippen LogP contribution >= 0.6 is 15.9 Å². The Hall–Kier alpha value is -2.69. The van der Waals surface area contributed by atoms with Crippen molar-refractivity contribution in [2.75, 3.05) is 5.12 Å². The van der Waals surface area contributed by atoms with E-state index in [0.29, 0.717) is 9.15 Å². The van der Waals surface area contributed by atoms with E-state index >= 15 is 0 Å². The highest BCUT2D eigenvalue weighted by molar-refractivity contribution is 9.10. The topological polar surface area (TPSA) is 92.5 Å². The van der Waals surface area contributed by atoms with E-state index in [4.69, 9.17) is 5.11 Å². The van der Waals surface area contributed by atoms with Crippen LogP contribution in [0, 0.1) is 0 Å². The van der Waals surface area contributed by atoms with Crippen LogP contribution in [0.2, 0.25) is 0 Å². The summed E-state index contributed by atoms with van der Waals surface area (Å²) in [4.78, 5) is 33.5. The van der Waals surface area contributed by atoms with Crippen LogP contribution in [0.25, 0.3) is 5.69 Å². The van der Waals surface area contributed by atoms with Crippen molar-refractivity contribution in [3.05, 3.63) is 40.0 Å². The second kappa shape index (κ2) is 6.83. The quantitative estimate of drug-likeness (QED) is 0.609. The molecule has 2 rings (SSSR count). The van der Waals surface area contributed by atoms with Crippen LogP contribution in [0.15, 0.2) is 28.7 Å². The zero-order chi connectivity index (χ0) is 18.0. The first kappa shape index (κ1) is 17.7. The minimum absolute atomic E-state index is 0.0414. The lowest BCUT2D eigenvalue weighted by molar-refractivity contribution is -0.132. The Labute approximate surface area is 140 Å². The molecule has 0 spiro atoms.